The normalized spacial score (nSPS) is 15.7. The molecule has 0 atom stereocenters. The first kappa shape index (κ1) is 20.6. The molecular weight excluding hydrogens is 396 g/mol. The van der Waals surface area contributed by atoms with Crippen LogP contribution in [0.1, 0.15) is 16.9 Å². The Balaban J connectivity index is 1.65. The van der Waals surface area contributed by atoms with Crippen molar-refractivity contribution in [3.63, 3.8) is 0 Å². The zero-order chi connectivity index (χ0) is 20.9. The second-order valence-electron chi connectivity index (χ2n) is 7.72. The highest BCUT2D eigenvalue weighted by molar-refractivity contribution is 7.15. The maximum Gasteiger partial charge on any atom is 0.188 e. The standard InChI is InChI=1S/C22H26N6OS/c1-16-14-23-22(30-16)25-21-12-17(15-28-8-4-7-27(2)9-10-28)11-20(24-21)18-5-3-6-19(13-18)26-29/h3,5-6,11-14H,4,7-10,15H2,1-2H3,(H,23,24,25). The van der Waals surface area contributed by atoms with Gasteiger partial charge in [-0.2, -0.15) is 0 Å². The van der Waals surface area contributed by atoms with E-state index in [1.807, 2.05) is 25.3 Å². The van der Waals surface area contributed by atoms with Crippen LogP contribution >= 0.6 is 11.3 Å². The number of hydrogen-bond acceptors (Lipinski definition) is 8. The van der Waals surface area contributed by atoms with Gasteiger partial charge in [-0.15, -0.1) is 16.2 Å². The third kappa shape index (κ3) is 5.27. The summed E-state index contributed by atoms with van der Waals surface area (Å²) in [4.78, 5) is 26.2. The van der Waals surface area contributed by atoms with E-state index < -0.39 is 0 Å². The summed E-state index contributed by atoms with van der Waals surface area (Å²) in [7, 11) is 2.18. The SMILES string of the molecule is Cc1cnc(Nc2cc(CN3CCCN(C)CC3)cc(-c3cccc(N=O)c3)n2)s1. The highest BCUT2D eigenvalue weighted by atomic mass is 32.1. The molecule has 1 fully saturated rings. The minimum atomic E-state index is 0.403. The number of aromatic nitrogens is 2. The van der Waals surface area contributed by atoms with Crippen LogP contribution in [0.5, 0.6) is 0 Å². The highest BCUT2D eigenvalue weighted by Crippen LogP contribution is 2.28. The molecular formula is C22H26N6OS. The van der Waals surface area contributed by atoms with Crippen LogP contribution in [0.15, 0.2) is 47.8 Å². The molecule has 0 bridgehead atoms. The van der Waals surface area contributed by atoms with Crippen molar-refractivity contribution in [2.24, 2.45) is 5.18 Å². The molecule has 0 radical (unpaired) electrons. The van der Waals surface area contributed by atoms with Gasteiger partial charge < -0.3 is 10.2 Å². The van der Waals surface area contributed by atoms with Gasteiger partial charge in [0.15, 0.2) is 5.13 Å². The summed E-state index contributed by atoms with van der Waals surface area (Å²) < 4.78 is 0. The van der Waals surface area contributed by atoms with E-state index in [4.69, 9.17) is 4.98 Å². The summed E-state index contributed by atoms with van der Waals surface area (Å²) in [6.07, 6.45) is 3.02. The van der Waals surface area contributed by atoms with Crippen LogP contribution in [0.2, 0.25) is 0 Å². The van der Waals surface area contributed by atoms with Gasteiger partial charge in [0.05, 0.1) is 5.69 Å². The Bertz CT molecular complexity index is 1020. The largest absolute Gasteiger partial charge is 0.316 e. The highest BCUT2D eigenvalue weighted by Gasteiger charge is 2.14. The second-order valence-corrected chi connectivity index (χ2v) is 8.96. The van der Waals surface area contributed by atoms with Gasteiger partial charge in [0, 0.05) is 36.3 Å². The van der Waals surface area contributed by atoms with E-state index in [0.29, 0.717) is 5.69 Å². The summed E-state index contributed by atoms with van der Waals surface area (Å²) in [5, 5.41) is 7.24. The number of likely N-dealkylation sites (N-methyl/N-ethyl adjacent to an activating group) is 1. The number of pyridine rings is 1. The van der Waals surface area contributed by atoms with E-state index in [-0.39, 0.29) is 0 Å². The fourth-order valence-electron chi connectivity index (χ4n) is 3.65. The van der Waals surface area contributed by atoms with Crippen molar-refractivity contribution in [1.29, 1.82) is 0 Å². The Morgan fingerprint density at radius 2 is 2.07 bits per heavy atom. The number of nitroso groups, excluding NO2 is 1. The molecule has 7 nitrogen and oxygen atoms in total. The Morgan fingerprint density at radius 3 is 2.87 bits per heavy atom. The van der Waals surface area contributed by atoms with Crippen LogP contribution in [0.3, 0.4) is 0 Å². The van der Waals surface area contributed by atoms with Crippen molar-refractivity contribution in [2.45, 2.75) is 19.9 Å². The van der Waals surface area contributed by atoms with Crippen molar-refractivity contribution in [3.05, 3.63) is 57.9 Å². The maximum absolute atomic E-state index is 11.0. The Labute approximate surface area is 180 Å². The van der Waals surface area contributed by atoms with Gasteiger partial charge in [0.25, 0.3) is 0 Å². The fourth-order valence-corrected chi connectivity index (χ4v) is 4.32. The predicted octanol–water partition coefficient (Wildman–Crippen LogP) is 4.79. The van der Waals surface area contributed by atoms with Gasteiger partial charge in [0.2, 0.25) is 0 Å². The minimum Gasteiger partial charge on any atom is -0.316 e. The van der Waals surface area contributed by atoms with Crippen LogP contribution in [0.25, 0.3) is 11.3 Å². The van der Waals surface area contributed by atoms with Gasteiger partial charge in [-0.3, -0.25) is 4.90 Å². The summed E-state index contributed by atoms with van der Waals surface area (Å²) in [6.45, 7) is 7.25. The van der Waals surface area contributed by atoms with E-state index in [0.717, 1.165) is 59.8 Å². The molecule has 1 aliphatic heterocycles. The number of nitrogens with zero attached hydrogens (tertiary/aromatic N) is 5. The van der Waals surface area contributed by atoms with E-state index in [2.05, 4.69) is 44.5 Å². The van der Waals surface area contributed by atoms with Crippen molar-refractivity contribution >= 4 is 28.0 Å². The lowest BCUT2D eigenvalue weighted by Crippen LogP contribution is -2.28. The van der Waals surface area contributed by atoms with Crippen molar-refractivity contribution in [1.82, 2.24) is 19.8 Å². The van der Waals surface area contributed by atoms with Crippen molar-refractivity contribution in [2.75, 3.05) is 38.5 Å². The van der Waals surface area contributed by atoms with Gasteiger partial charge >= 0.3 is 0 Å². The fraction of sp³-hybridized carbons (Fsp3) is 0.364. The zero-order valence-electron chi connectivity index (χ0n) is 17.3. The molecule has 0 spiro atoms. The van der Waals surface area contributed by atoms with Crippen LogP contribution in [-0.4, -0.2) is 53.0 Å². The molecule has 3 heterocycles. The number of hydrogen-bond donors (Lipinski definition) is 1. The lowest BCUT2D eigenvalue weighted by molar-refractivity contribution is 0.269. The zero-order valence-corrected chi connectivity index (χ0v) is 18.2. The monoisotopic (exact) mass is 422 g/mol. The van der Waals surface area contributed by atoms with Crippen molar-refractivity contribution in [3.8, 4) is 11.3 Å². The first-order chi connectivity index (χ1) is 14.6. The van der Waals surface area contributed by atoms with Gasteiger partial charge in [-0.1, -0.05) is 12.1 Å². The maximum atomic E-state index is 11.0. The number of benzene rings is 1. The molecule has 1 N–H and O–H groups in total. The lowest BCUT2D eigenvalue weighted by atomic mass is 10.1. The Kier molecular flexibility index (Phi) is 6.47. The first-order valence-corrected chi connectivity index (χ1v) is 11.0. The molecule has 0 unspecified atom stereocenters. The van der Waals surface area contributed by atoms with Crippen LogP contribution in [0, 0.1) is 11.8 Å². The Morgan fingerprint density at radius 1 is 1.17 bits per heavy atom. The van der Waals surface area contributed by atoms with Gasteiger partial charge in [0.1, 0.15) is 11.5 Å². The smallest absolute Gasteiger partial charge is 0.188 e. The third-order valence-corrected chi connectivity index (χ3v) is 6.04. The summed E-state index contributed by atoms with van der Waals surface area (Å²) >= 11 is 1.60. The molecule has 156 valence electrons. The van der Waals surface area contributed by atoms with Crippen molar-refractivity contribution < 1.29 is 0 Å². The van der Waals surface area contributed by atoms with Gasteiger partial charge in [-0.25, -0.2) is 9.97 Å². The van der Waals surface area contributed by atoms with E-state index in [9.17, 15) is 4.91 Å². The second kappa shape index (κ2) is 9.42. The molecule has 8 heteroatoms. The van der Waals surface area contributed by atoms with Crippen LogP contribution in [-0.2, 0) is 6.54 Å². The summed E-state index contributed by atoms with van der Waals surface area (Å²) in [6, 6.07) is 11.5. The summed E-state index contributed by atoms with van der Waals surface area (Å²) in [5.74, 6) is 0.758. The average Bonchev–Trinajstić information content (AvgIpc) is 3.04. The van der Waals surface area contributed by atoms with E-state index in [1.54, 1.807) is 23.5 Å². The number of nitrogens with one attached hydrogen (secondary N) is 1. The molecule has 0 aliphatic carbocycles. The van der Waals surface area contributed by atoms with Crippen LogP contribution in [0.4, 0.5) is 16.6 Å². The topological polar surface area (TPSA) is 73.7 Å². The molecule has 0 saturated carbocycles. The number of aryl methyl sites for hydroxylation is 1. The molecule has 2 aromatic heterocycles. The Hall–Kier alpha value is -2.68. The average molecular weight is 423 g/mol. The molecule has 1 aliphatic rings. The first-order valence-electron chi connectivity index (χ1n) is 10.1. The molecule has 1 aromatic carbocycles. The quantitative estimate of drug-likeness (QED) is 0.576. The molecule has 0 amide bonds. The van der Waals surface area contributed by atoms with E-state index in [1.165, 1.54) is 12.0 Å². The minimum absolute atomic E-state index is 0.403. The van der Waals surface area contributed by atoms with E-state index >= 15 is 0 Å². The summed E-state index contributed by atoms with van der Waals surface area (Å²) in [5.41, 5.74) is 3.29. The number of anilines is 2. The van der Waals surface area contributed by atoms with Crippen LogP contribution < -0.4 is 5.32 Å². The molecule has 3 aromatic rings. The molecule has 1 saturated heterocycles. The molecule has 4 rings (SSSR count). The lowest BCUT2D eigenvalue weighted by Gasteiger charge is -2.21. The predicted molar refractivity (Wildman–Crippen MR) is 123 cm³/mol. The number of rotatable bonds is 6. The molecule has 30 heavy (non-hydrogen) atoms. The third-order valence-electron chi connectivity index (χ3n) is 5.21. The van der Waals surface area contributed by atoms with Gasteiger partial charge in [-0.05, 0) is 68.5 Å². The number of thiazole rings is 1.